The van der Waals surface area contributed by atoms with E-state index in [1.807, 2.05) is 0 Å². The number of nitrogens with zero attached hydrogens (tertiary/aromatic N) is 2. The first-order chi connectivity index (χ1) is 16.6. The van der Waals surface area contributed by atoms with E-state index in [1.165, 1.54) is 24.3 Å². The lowest BCUT2D eigenvalue weighted by Gasteiger charge is -2.17. The number of aliphatic hydroxyl groups excluding tert-OH is 1. The fourth-order valence-corrected chi connectivity index (χ4v) is 4.04. The van der Waals surface area contributed by atoms with Gasteiger partial charge in [0.25, 0.3) is 0 Å². The molecule has 11 heteroatoms. The van der Waals surface area contributed by atoms with Gasteiger partial charge in [-0.2, -0.15) is 13.2 Å². The van der Waals surface area contributed by atoms with Crippen LogP contribution in [-0.4, -0.2) is 35.1 Å². The summed E-state index contributed by atoms with van der Waals surface area (Å²) in [6, 6.07) is 9.82. The fourth-order valence-electron chi connectivity index (χ4n) is 3.15. The molecule has 3 N–H and O–H groups in total. The minimum Gasteiger partial charge on any atom is -0.493 e. The molecule has 35 heavy (non-hydrogen) atoms. The van der Waals surface area contributed by atoms with Crippen LogP contribution in [0.3, 0.4) is 0 Å². The molecule has 3 aromatic rings. The summed E-state index contributed by atoms with van der Waals surface area (Å²) in [5.41, 5.74) is 4.30. The van der Waals surface area contributed by atoms with Crippen LogP contribution in [0.25, 0.3) is 10.6 Å². The lowest BCUT2D eigenvalue weighted by atomic mass is 10.0. The second-order valence-electron chi connectivity index (χ2n) is 8.28. The molecule has 3 rings (SSSR count). The Morgan fingerprint density at radius 1 is 1.03 bits per heavy atom. The Morgan fingerprint density at radius 2 is 1.80 bits per heavy atom. The smallest absolute Gasteiger partial charge is 0.416 e. The van der Waals surface area contributed by atoms with Crippen molar-refractivity contribution in [1.82, 2.24) is 10.2 Å². The quantitative estimate of drug-likeness (QED) is 0.253. The molecule has 0 fully saturated rings. The van der Waals surface area contributed by atoms with Crippen LogP contribution in [0.15, 0.2) is 42.5 Å². The number of benzene rings is 2. The van der Waals surface area contributed by atoms with Gasteiger partial charge in [-0.15, -0.1) is 10.2 Å². The normalized spacial score (nSPS) is 13.6. The van der Waals surface area contributed by atoms with E-state index in [9.17, 15) is 22.7 Å². The lowest BCUT2D eigenvalue weighted by Crippen LogP contribution is -2.36. The molecule has 6 nitrogen and oxygen atoms in total. The Hall–Kier alpha value is -2.60. The standard InChI is InChI=1S/C24H27F4N3O3S/c1-23(29,15-32)22-31-30-21(35-22)16-8-9-17(20(12-16)24(26,27)28)14-33-10-3-2-4-11-34-19-7-5-6-18(25)13-19/h5-9,12-13,32H,2-4,10-11,14-15,29H2,1H3/t23-/m0/s1. The number of hydrogen-bond donors (Lipinski definition) is 2. The highest BCUT2D eigenvalue weighted by atomic mass is 32.1. The molecule has 0 saturated carbocycles. The SMILES string of the molecule is C[C@](N)(CO)c1nnc(-c2ccc(COCCCCCOc3cccc(F)c3)c(C(F)(F)F)c2)s1. The monoisotopic (exact) mass is 513 g/mol. The van der Waals surface area contributed by atoms with Crippen LogP contribution in [-0.2, 0) is 23.1 Å². The maximum atomic E-state index is 13.7. The van der Waals surface area contributed by atoms with E-state index in [4.69, 9.17) is 15.2 Å². The van der Waals surface area contributed by atoms with Crippen molar-refractivity contribution in [3.05, 3.63) is 64.4 Å². The van der Waals surface area contributed by atoms with E-state index in [0.29, 0.717) is 36.8 Å². The van der Waals surface area contributed by atoms with Gasteiger partial charge in [0.1, 0.15) is 21.6 Å². The first-order valence-electron chi connectivity index (χ1n) is 11.0. The molecule has 0 radical (unpaired) electrons. The summed E-state index contributed by atoms with van der Waals surface area (Å²) in [7, 11) is 0. The van der Waals surface area contributed by atoms with E-state index in [0.717, 1.165) is 23.8 Å². The molecule has 2 aromatic carbocycles. The zero-order chi connectivity index (χ0) is 25.5. The highest BCUT2D eigenvalue weighted by Gasteiger charge is 2.34. The van der Waals surface area contributed by atoms with Crippen LogP contribution in [0.2, 0.25) is 0 Å². The number of ether oxygens (including phenoxy) is 2. The van der Waals surface area contributed by atoms with Crippen molar-refractivity contribution >= 4 is 11.3 Å². The molecular weight excluding hydrogens is 486 g/mol. The zero-order valence-corrected chi connectivity index (χ0v) is 20.0. The molecule has 0 spiro atoms. The molecule has 0 aliphatic rings. The van der Waals surface area contributed by atoms with Gasteiger partial charge in [0.2, 0.25) is 0 Å². The number of hydrogen-bond acceptors (Lipinski definition) is 7. The predicted molar refractivity (Wildman–Crippen MR) is 124 cm³/mol. The minimum atomic E-state index is -4.57. The summed E-state index contributed by atoms with van der Waals surface area (Å²) in [5, 5.41) is 17.8. The summed E-state index contributed by atoms with van der Waals surface area (Å²) in [6.45, 7) is 1.73. The molecule has 1 atom stereocenters. The third-order valence-corrected chi connectivity index (χ3v) is 6.41. The van der Waals surface area contributed by atoms with Crippen LogP contribution < -0.4 is 10.5 Å². The molecule has 0 saturated heterocycles. The van der Waals surface area contributed by atoms with Gasteiger partial charge in [0, 0.05) is 18.2 Å². The van der Waals surface area contributed by atoms with E-state index in [-0.39, 0.29) is 35.2 Å². The molecule has 0 unspecified atom stereocenters. The number of alkyl halides is 3. The largest absolute Gasteiger partial charge is 0.493 e. The average Bonchev–Trinajstić information content (AvgIpc) is 3.31. The summed E-state index contributed by atoms with van der Waals surface area (Å²) in [6.07, 6.45) is -2.44. The molecule has 1 aromatic heterocycles. The maximum Gasteiger partial charge on any atom is 0.416 e. The summed E-state index contributed by atoms with van der Waals surface area (Å²) >= 11 is 1.04. The Bertz CT molecular complexity index is 1110. The number of rotatable bonds is 12. The van der Waals surface area contributed by atoms with Gasteiger partial charge in [-0.3, -0.25) is 0 Å². The summed E-state index contributed by atoms with van der Waals surface area (Å²) in [4.78, 5) is 0. The number of unbranched alkanes of at least 4 members (excludes halogenated alkanes) is 2. The van der Waals surface area contributed by atoms with Gasteiger partial charge < -0.3 is 20.3 Å². The third-order valence-electron chi connectivity index (χ3n) is 5.16. The fraction of sp³-hybridized carbons (Fsp3) is 0.417. The van der Waals surface area contributed by atoms with Crippen molar-refractivity contribution in [1.29, 1.82) is 0 Å². The Balaban J connectivity index is 1.51. The van der Waals surface area contributed by atoms with Crippen LogP contribution in [0.5, 0.6) is 5.75 Å². The van der Waals surface area contributed by atoms with Crippen LogP contribution in [0, 0.1) is 5.82 Å². The van der Waals surface area contributed by atoms with Crippen molar-refractivity contribution in [2.75, 3.05) is 19.8 Å². The number of aromatic nitrogens is 2. The van der Waals surface area contributed by atoms with Gasteiger partial charge in [-0.25, -0.2) is 4.39 Å². The van der Waals surface area contributed by atoms with Gasteiger partial charge in [0.15, 0.2) is 0 Å². The third kappa shape index (κ3) is 7.69. The molecule has 0 aliphatic heterocycles. The summed E-state index contributed by atoms with van der Waals surface area (Å²) < 4.78 is 65.1. The Morgan fingerprint density at radius 3 is 2.51 bits per heavy atom. The van der Waals surface area contributed by atoms with Crippen molar-refractivity contribution < 1.29 is 32.1 Å². The minimum absolute atomic E-state index is 0.0273. The van der Waals surface area contributed by atoms with Crippen molar-refractivity contribution in [3.8, 4) is 16.3 Å². The highest BCUT2D eigenvalue weighted by Crippen LogP contribution is 2.36. The molecule has 0 bridgehead atoms. The Kier molecular flexibility index (Phi) is 9.17. The van der Waals surface area contributed by atoms with Crippen molar-refractivity contribution in [2.24, 2.45) is 5.73 Å². The number of halogens is 4. The Labute approximate surface area is 204 Å². The van der Waals surface area contributed by atoms with Crippen LogP contribution in [0.1, 0.15) is 42.3 Å². The molecule has 1 heterocycles. The topological polar surface area (TPSA) is 90.5 Å². The van der Waals surface area contributed by atoms with Gasteiger partial charge in [-0.1, -0.05) is 29.5 Å². The van der Waals surface area contributed by atoms with Crippen molar-refractivity contribution in [2.45, 2.75) is 44.5 Å². The number of nitrogens with two attached hydrogens (primary N) is 1. The maximum absolute atomic E-state index is 13.7. The summed E-state index contributed by atoms with van der Waals surface area (Å²) in [5.74, 6) is 0.0926. The molecule has 190 valence electrons. The van der Waals surface area contributed by atoms with E-state index < -0.39 is 17.3 Å². The van der Waals surface area contributed by atoms with Crippen LogP contribution >= 0.6 is 11.3 Å². The first-order valence-corrected chi connectivity index (χ1v) is 11.8. The van der Waals surface area contributed by atoms with Gasteiger partial charge in [0.05, 0.1) is 30.9 Å². The second-order valence-corrected chi connectivity index (χ2v) is 9.25. The lowest BCUT2D eigenvalue weighted by molar-refractivity contribution is -0.138. The van der Waals surface area contributed by atoms with E-state index >= 15 is 0 Å². The molecular formula is C24H27F4N3O3S. The van der Waals surface area contributed by atoms with Gasteiger partial charge >= 0.3 is 6.18 Å². The molecule has 0 amide bonds. The average molecular weight is 514 g/mol. The predicted octanol–water partition coefficient (Wildman–Crippen LogP) is 5.30. The molecule has 0 aliphatic carbocycles. The highest BCUT2D eigenvalue weighted by molar-refractivity contribution is 7.14. The van der Waals surface area contributed by atoms with Crippen LogP contribution in [0.4, 0.5) is 17.6 Å². The second kappa shape index (κ2) is 11.9. The van der Waals surface area contributed by atoms with E-state index in [1.54, 1.807) is 19.1 Å². The number of aliphatic hydroxyl groups is 1. The van der Waals surface area contributed by atoms with Crippen molar-refractivity contribution in [3.63, 3.8) is 0 Å². The van der Waals surface area contributed by atoms with Gasteiger partial charge in [-0.05, 0) is 49.9 Å². The zero-order valence-electron chi connectivity index (χ0n) is 19.1. The first kappa shape index (κ1) is 27.0. The van der Waals surface area contributed by atoms with E-state index in [2.05, 4.69) is 10.2 Å².